The van der Waals surface area contributed by atoms with Crippen molar-refractivity contribution in [3.8, 4) is 0 Å². The highest BCUT2D eigenvalue weighted by Gasteiger charge is 2.16. The number of hydrogen-bond donors (Lipinski definition) is 1. The second-order valence-corrected chi connectivity index (χ2v) is 4.31. The first-order valence-electron chi connectivity index (χ1n) is 6.16. The van der Waals surface area contributed by atoms with Gasteiger partial charge in [0.1, 0.15) is 0 Å². The fraction of sp³-hybridized carbons (Fsp3) is 0.188. The van der Waals surface area contributed by atoms with E-state index < -0.39 is 6.23 Å². The van der Waals surface area contributed by atoms with Gasteiger partial charge in [-0.15, -0.1) is 0 Å². The summed E-state index contributed by atoms with van der Waals surface area (Å²) in [5.41, 5.74) is 2.68. The normalized spacial score (nSPS) is 11.9. The van der Waals surface area contributed by atoms with Crippen molar-refractivity contribution in [2.24, 2.45) is 0 Å². The molecule has 0 bridgehead atoms. The summed E-state index contributed by atoms with van der Waals surface area (Å²) in [6.07, 6.45) is -0.436. The fourth-order valence-electron chi connectivity index (χ4n) is 1.94. The first-order valence-corrected chi connectivity index (χ1v) is 6.16. The average Bonchev–Trinajstić information content (AvgIpc) is 2.46. The zero-order valence-electron chi connectivity index (χ0n) is 11.1. The van der Waals surface area contributed by atoms with Gasteiger partial charge in [-0.25, -0.2) is 0 Å². The molecule has 1 amide bonds. The Morgan fingerprint density at radius 2 is 1.68 bits per heavy atom. The minimum Gasteiger partial charge on any atom is -0.357 e. The molecular formula is C16H17NO2. The summed E-state index contributed by atoms with van der Waals surface area (Å²) in [4.78, 5) is 12.1. The lowest BCUT2D eigenvalue weighted by Gasteiger charge is -2.19. The van der Waals surface area contributed by atoms with E-state index in [0.29, 0.717) is 5.56 Å². The highest BCUT2D eigenvalue weighted by molar-refractivity contribution is 5.94. The number of benzene rings is 2. The van der Waals surface area contributed by atoms with Gasteiger partial charge >= 0.3 is 0 Å². The molecule has 2 rings (SSSR count). The molecule has 0 aromatic heterocycles. The molecule has 0 aliphatic rings. The number of aryl methyl sites for hydroxylation is 1. The number of carbonyl (C=O) groups excluding carboxylic acids is 1. The van der Waals surface area contributed by atoms with E-state index in [9.17, 15) is 4.79 Å². The Kier molecular flexibility index (Phi) is 4.31. The molecule has 19 heavy (non-hydrogen) atoms. The van der Waals surface area contributed by atoms with Crippen LogP contribution in [0.25, 0.3) is 0 Å². The summed E-state index contributed by atoms with van der Waals surface area (Å²) in [7, 11) is 1.59. The van der Waals surface area contributed by atoms with E-state index >= 15 is 0 Å². The SMILES string of the molecule is COC(NC(=O)c1ccccc1)c1ccccc1C. The van der Waals surface area contributed by atoms with Crippen LogP contribution >= 0.6 is 0 Å². The predicted octanol–water partition coefficient (Wildman–Crippen LogP) is 3.07. The van der Waals surface area contributed by atoms with Crippen LogP contribution < -0.4 is 5.32 Å². The Morgan fingerprint density at radius 3 is 2.32 bits per heavy atom. The van der Waals surface area contributed by atoms with Crippen LogP contribution in [0.4, 0.5) is 0 Å². The topological polar surface area (TPSA) is 38.3 Å². The molecule has 0 heterocycles. The molecule has 0 saturated carbocycles. The van der Waals surface area contributed by atoms with Crippen molar-refractivity contribution >= 4 is 5.91 Å². The zero-order chi connectivity index (χ0) is 13.7. The highest BCUT2D eigenvalue weighted by Crippen LogP contribution is 2.18. The van der Waals surface area contributed by atoms with Gasteiger partial charge in [0.05, 0.1) is 0 Å². The van der Waals surface area contributed by atoms with E-state index in [4.69, 9.17) is 4.74 Å². The van der Waals surface area contributed by atoms with Crippen LogP contribution in [0.5, 0.6) is 0 Å². The Hall–Kier alpha value is -2.13. The quantitative estimate of drug-likeness (QED) is 0.853. The van der Waals surface area contributed by atoms with Crippen LogP contribution in [0.1, 0.15) is 27.7 Å². The number of hydrogen-bond acceptors (Lipinski definition) is 2. The molecule has 3 nitrogen and oxygen atoms in total. The number of ether oxygens (including phenoxy) is 1. The molecule has 0 aliphatic carbocycles. The maximum Gasteiger partial charge on any atom is 0.253 e. The van der Waals surface area contributed by atoms with Crippen LogP contribution in [-0.2, 0) is 4.74 Å². The molecule has 0 aliphatic heterocycles. The summed E-state index contributed by atoms with van der Waals surface area (Å²) in [6.45, 7) is 2.00. The summed E-state index contributed by atoms with van der Waals surface area (Å²) in [5, 5.41) is 2.88. The van der Waals surface area contributed by atoms with Crippen molar-refractivity contribution in [3.63, 3.8) is 0 Å². The monoisotopic (exact) mass is 255 g/mol. The van der Waals surface area contributed by atoms with Crippen molar-refractivity contribution in [1.29, 1.82) is 0 Å². The van der Waals surface area contributed by atoms with E-state index in [0.717, 1.165) is 11.1 Å². The molecule has 2 aromatic carbocycles. The van der Waals surface area contributed by atoms with E-state index in [1.807, 2.05) is 49.4 Å². The summed E-state index contributed by atoms with van der Waals surface area (Å²) >= 11 is 0. The lowest BCUT2D eigenvalue weighted by Crippen LogP contribution is -2.30. The molecule has 1 unspecified atom stereocenters. The van der Waals surface area contributed by atoms with Gasteiger partial charge in [0.2, 0.25) is 0 Å². The highest BCUT2D eigenvalue weighted by atomic mass is 16.5. The van der Waals surface area contributed by atoms with Crippen LogP contribution in [0.15, 0.2) is 54.6 Å². The first-order chi connectivity index (χ1) is 9.22. The largest absolute Gasteiger partial charge is 0.357 e. The van der Waals surface area contributed by atoms with Gasteiger partial charge in [-0.05, 0) is 24.6 Å². The van der Waals surface area contributed by atoms with Crippen LogP contribution in [0, 0.1) is 6.92 Å². The van der Waals surface area contributed by atoms with Gasteiger partial charge in [0, 0.05) is 18.2 Å². The van der Waals surface area contributed by atoms with Gasteiger partial charge < -0.3 is 10.1 Å². The summed E-state index contributed by atoms with van der Waals surface area (Å²) in [5.74, 6) is -0.143. The molecule has 1 atom stereocenters. The maximum atomic E-state index is 12.1. The Labute approximate surface area is 113 Å². The number of amides is 1. The molecular weight excluding hydrogens is 238 g/mol. The number of nitrogens with one attached hydrogen (secondary N) is 1. The molecule has 1 N–H and O–H groups in total. The summed E-state index contributed by atoms with van der Waals surface area (Å²) < 4.78 is 5.38. The number of methoxy groups -OCH3 is 1. The van der Waals surface area contributed by atoms with Gasteiger partial charge in [0.15, 0.2) is 6.23 Å². The van der Waals surface area contributed by atoms with Crippen molar-refractivity contribution < 1.29 is 9.53 Å². The van der Waals surface area contributed by atoms with Crippen molar-refractivity contribution in [2.45, 2.75) is 13.2 Å². The third-order valence-corrected chi connectivity index (χ3v) is 3.00. The lowest BCUT2D eigenvalue weighted by molar-refractivity contribution is 0.0572. The second kappa shape index (κ2) is 6.16. The van der Waals surface area contributed by atoms with Crippen molar-refractivity contribution in [3.05, 3.63) is 71.3 Å². The smallest absolute Gasteiger partial charge is 0.253 e. The molecule has 2 aromatic rings. The third kappa shape index (κ3) is 3.20. The minimum atomic E-state index is -0.436. The Morgan fingerprint density at radius 1 is 1.05 bits per heavy atom. The number of carbonyl (C=O) groups is 1. The fourth-order valence-corrected chi connectivity index (χ4v) is 1.94. The third-order valence-electron chi connectivity index (χ3n) is 3.00. The first kappa shape index (κ1) is 13.3. The molecule has 0 saturated heterocycles. The molecule has 0 radical (unpaired) electrons. The van der Waals surface area contributed by atoms with E-state index in [-0.39, 0.29) is 5.91 Å². The molecule has 98 valence electrons. The van der Waals surface area contributed by atoms with E-state index in [1.54, 1.807) is 19.2 Å². The standard InChI is InChI=1S/C16H17NO2/c1-12-8-6-7-11-14(12)16(19-2)17-15(18)13-9-4-3-5-10-13/h3-11,16H,1-2H3,(H,17,18). The lowest BCUT2D eigenvalue weighted by atomic mass is 10.1. The minimum absolute atomic E-state index is 0.143. The maximum absolute atomic E-state index is 12.1. The van der Waals surface area contributed by atoms with Gasteiger partial charge in [-0.3, -0.25) is 4.79 Å². The molecule has 0 fully saturated rings. The van der Waals surface area contributed by atoms with E-state index in [2.05, 4.69) is 5.32 Å². The van der Waals surface area contributed by atoms with Crippen molar-refractivity contribution in [1.82, 2.24) is 5.32 Å². The van der Waals surface area contributed by atoms with Crippen LogP contribution in [0.3, 0.4) is 0 Å². The Balaban J connectivity index is 2.17. The van der Waals surface area contributed by atoms with Gasteiger partial charge in [-0.2, -0.15) is 0 Å². The summed E-state index contributed by atoms with van der Waals surface area (Å²) in [6, 6.07) is 17.0. The molecule has 0 spiro atoms. The van der Waals surface area contributed by atoms with Crippen LogP contribution in [0.2, 0.25) is 0 Å². The molecule has 3 heteroatoms. The van der Waals surface area contributed by atoms with Crippen molar-refractivity contribution in [2.75, 3.05) is 7.11 Å². The Bertz CT molecular complexity index is 552. The zero-order valence-corrected chi connectivity index (χ0v) is 11.1. The second-order valence-electron chi connectivity index (χ2n) is 4.31. The average molecular weight is 255 g/mol. The van der Waals surface area contributed by atoms with Gasteiger partial charge in [0.25, 0.3) is 5.91 Å². The van der Waals surface area contributed by atoms with E-state index in [1.165, 1.54) is 0 Å². The van der Waals surface area contributed by atoms with Crippen LogP contribution in [-0.4, -0.2) is 13.0 Å². The van der Waals surface area contributed by atoms with Gasteiger partial charge in [-0.1, -0.05) is 42.5 Å². The predicted molar refractivity (Wildman–Crippen MR) is 74.8 cm³/mol. The number of rotatable bonds is 4.